The first-order valence-corrected chi connectivity index (χ1v) is 14.6. The van der Waals surface area contributed by atoms with Crippen molar-refractivity contribution in [3.8, 4) is 0 Å². The van der Waals surface area contributed by atoms with Crippen molar-refractivity contribution in [2.75, 3.05) is 13.1 Å². The van der Waals surface area contributed by atoms with Crippen LogP contribution in [0.2, 0.25) is 10.0 Å². The number of benzene rings is 2. The van der Waals surface area contributed by atoms with E-state index in [-0.39, 0.29) is 55.0 Å². The standard InChI is InChI=1S/C31H35Cl2N3O4/c1-2-3-16-34-29(38)27(18-21-9-5-4-6-10-21)36(20-22-13-14-23(32)19-26(22)33)28(37)15-17-35-30(39)24-11-7-8-12-25(24)31(35)40/h4-10,13-14,19,24-25,27H,2-3,11-12,15-18,20H2,1H3,(H,34,38)/t24-,25+,27?. The van der Waals surface area contributed by atoms with Crippen molar-refractivity contribution < 1.29 is 19.2 Å². The van der Waals surface area contributed by atoms with Crippen molar-refractivity contribution in [1.82, 2.24) is 15.1 Å². The van der Waals surface area contributed by atoms with Crippen LogP contribution < -0.4 is 5.32 Å². The highest BCUT2D eigenvalue weighted by atomic mass is 35.5. The summed E-state index contributed by atoms with van der Waals surface area (Å²) in [4.78, 5) is 56.1. The zero-order chi connectivity index (χ0) is 28.6. The Kier molecular flexibility index (Phi) is 10.4. The molecule has 4 amide bonds. The third kappa shape index (κ3) is 7.12. The van der Waals surface area contributed by atoms with Crippen LogP contribution >= 0.6 is 23.2 Å². The van der Waals surface area contributed by atoms with Crippen LogP contribution in [-0.4, -0.2) is 52.6 Å². The van der Waals surface area contributed by atoms with E-state index in [9.17, 15) is 19.2 Å². The van der Waals surface area contributed by atoms with Crippen molar-refractivity contribution in [3.63, 3.8) is 0 Å². The first-order valence-electron chi connectivity index (χ1n) is 13.8. The van der Waals surface area contributed by atoms with E-state index in [0.717, 1.165) is 18.4 Å². The van der Waals surface area contributed by atoms with E-state index < -0.39 is 6.04 Å². The molecule has 3 atom stereocenters. The van der Waals surface area contributed by atoms with Crippen molar-refractivity contribution in [2.24, 2.45) is 11.8 Å². The third-order valence-corrected chi connectivity index (χ3v) is 8.19. The highest BCUT2D eigenvalue weighted by Gasteiger charge is 2.47. The highest BCUT2D eigenvalue weighted by Crippen LogP contribution is 2.35. The predicted octanol–water partition coefficient (Wildman–Crippen LogP) is 5.19. The number of unbranched alkanes of at least 4 members (excludes halogenated alkanes) is 1. The fourth-order valence-electron chi connectivity index (χ4n) is 5.33. The van der Waals surface area contributed by atoms with Gasteiger partial charge in [-0.25, -0.2) is 0 Å². The summed E-state index contributed by atoms with van der Waals surface area (Å²) in [6, 6.07) is 13.7. The molecule has 4 rings (SSSR count). The van der Waals surface area contributed by atoms with Crippen molar-refractivity contribution in [1.29, 1.82) is 0 Å². The Bertz CT molecular complexity index is 1240. The Morgan fingerprint density at radius 2 is 1.70 bits per heavy atom. The summed E-state index contributed by atoms with van der Waals surface area (Å²) in [6.45, 7) is 2.59. The van der Waals surface area contributed by atoms with Gasteiger partial charge in [0.15, 0.2) is 0 Å². The average molecular weight is 585 g/mol. The number of likely N-dealkylation sites (tertiary alicyclic amines) is 1. The molecule has 0 aromatic heterocycles. The van der Waals surface area contributed by atoms with E-state index >= 15 is 0 Å². The van der Waals surface area contributed by atoms with Gasteiger partial charge in [0.05, 0.1) is 11.8 Å². The van der Waals surface area contributed by atoms with Gasteiger partial charge in [0.1, 0.15) is 6.04 Å². The van der Waals surface area contributed by atoms with E-state index in [2.05, 4.69) is 5.32 Å². The van der Waals surface area contributed by atoms with Crippen molar-refractivity contribution in [2.45, 2.75) is 58.0 Å². The molecule has 1 saturated heterocycles. The second-order valence-corrected chi connectivity index (χ2v) is 11.2. The number of carbonyl (C=O) groups excluding carboxylic acids is 4. The molecule has 1 aliphatic heterocycles. The van der Waals surface area contributed by atoms with E-state index in [1.807, 2.05) is 49.4 Å². The van der Waals surface area contributed by atoms with E-state index in [4.69, 9.17) is 23.2 Å². The molecule has 0 saturated carbocycles. The van der Waals surface area contributed by atoms with Gasteiger partial charge in [-0.1, -0.05) is 85.1 Å². The number of halogens is 2. The van der Waals surface area contributed by atoms with Crippen LogP contribution in [0.4, 0.5) is 0 Å². The number of fused-ring (bicyclic) bond motifs is 1. The smallest absolute Gasteiger partial charge is 0.243 e. The molecule has 2 aromatic rings. The summed E-state index contributed by atoms with van der Waals surface area (Å²) in [5, 5.41) is 3.83. The number of hydrogen-bond donors (Lipinski definition) is 1. The Labute approximate surface area is 245 Å². The fraction of sp³-hybridized carbons (Fsp3) is 0.419. The topological polar surface area (TPSA) is 86.8 Å². The van der Waals surface area contributed by atoms with Crippen LogP contribution in [0.5, 0.6) is 0 Å². The van der Waals surface area contributed by atoms with Gasteiger partial charge in [0.2, 0.25) is 23.6 Å². The summed E-state index contributed by atoms with van der Waals surface area (Å²) in [6.07, 6.45) is 6.89. The molecule has 1 heterocycles. The Morgan fingerprint density at radius 3 is 2.33 bits per heavy atom. The predicted molar refractivity (Wildman–Crippen MR) is 156 cm³/mol. The van der Waals surface area contributed by atoms with E-state index in [1.165, 1.54) is 9.80 Å². The van der Waals surface area contributed by atoms with Crippen LogP contribution in [-0.2, 0) is 32.1 Å². The normalized spacial score (nSPS) is 18.9. The molecule has 1 aliphatic carbocycles. The Morgan fingerprint density at radius 1 is 1.02 bits per heavy atom. The summed E-state index contributed by atoms with van der Waals surface area (Å²) >= 11 is 12.6. The quantitative estimate of drug-likeness (QED) is 0.211. The van der Waals surface area contributed by atoms with Gasteiger partial charge in [-0.05, 0) is 42.5 Å². The minimum atomic E-state index is -0.824. The minimum absolute atomic E-state index is 0.0239. The van der Waals surface area contributed by atoms with Crippen LogP contribution in [0.1, 0.15) is 50.2 Å². The lowest BCUT2D eigenvalue weighted by Gasteiger charge is -2.32. The lowest BCUT2D eigenvalue weighted by atomic mass is 9.85. The second kappa shape index (κ2) is 14.0. The van der Waals surface area contributed by atoms with Gasteiger partial charge in [-0.2, -0.15) is 0 Å². The molecule has 0 bridgehead atoms. The molecule has 2 aromatic carbocycles. The fourth-order valence-corrected chi connectivity index (χ4v) is 5.80. The van der Waals surface area contributed by atoms with Crippen LogP contribution in [0.3, 0.4) is 0 Å². The average Bonchev–Trinajstić information content (AvgIpc) is 3.20. The molecule has 40 heavy (non-hydrogen) atoms. The van der Waals surface area contributed by atoms with Gasteiger partial charge >= 0.3 is 0 Å². The summed E-state index contributed by atoms with van der Waals surface area (Å²) < 4.78 is 0. The largest absolute Gasteiger partial charge is 0.354 e. The lowest BCUT2D eigenvalue weighted by Crippen LogP contribution is -2.51. The maximum Gasteiger partial charge on any atom is 0.243 e. The van der Waals surface area contributed by atoms with Crippen molar-refractivity contribution >= 4 is 46.8 Å². The number of nitrogens with one attached hydrogen (secondary N) is 1. The van der Waals surface area contributed by atoms with Crippen molar-refractivity contribution in [3.05, 3.63) is 81.9 Å². The Balaban J connectivity index is 1.59. The Hall–Kier alpha value is -3.16. The molecule has 1 fully saturated rings. The molecular formula is C31H35Cl2N3O4. The second-order valence-electron chi connectivity index (χ2n) is 10.3. The highest BCUT2D eigenvalue weighted by molar-refractivity contribution is 6.35. The maximum atomic E-state index is 13.9. The van der Waals surface area contributed by atoms with Crippen LogP contribution in [0.15, 0.2) is 60.7 Å². The molecule has 9 heteroatoms. The molecule has 0 spiro atoms. The number of rotatable bonds is 12. The van der Waals surface area contributed by atoms with E-state index in [0.29, 0.717) is 41.4 Å². The number of carbonyl (C=O) groups is 4. The molecule has 1 N–H and O–H groups in total. The molecule has 0 radical (unpaired) electrons. The zero-order valence-corrected chi connectivity index (χ0v) is 24.2. The molecule has 2 aliphatic rings. The number of imide groups is 1. The third-order valence-electron chi connectivity index (χ3n) is 7.60. The van der Waals surface area contributed by atoms with Gasteiger partial charge in [0, 0.05) is 42.5 Å². The van der Waals surface area contributed by atoms with Crippen LogP contribution in [0, 0.1) is 11.8 Å². The number of allylic oxidation sites excluding steroid dienone is 2. The SMILES string of the molecule is CCCCNC(=O)C(Cc1ccccc1)N(Cc1ccc(Cl)cc1Cl)C(=O)CCN1C(=O)[C@H]2CC=CC[C@H]2C1=O. The van der Waals surface area contributed by atoms with Gasteiger partial charge in [-0.15, -0.1) is 0 Å². The summed E-state index contributed by atoms with van der Waals surface area (Å²) in [5.41, 5.74) is 1.55. The zero-order valence-electron chi connectivity index (χ0n) is 22.7. The minimum Gasteiger partial charge on any atom is -0.354 e. The summed E-state index contributed by atoms with van der Waals surface area (Å²) in [7, 11) is 0. The molecule has 7 nitrogen and oxygen atoms in total. The first kappa shape index (κ1) is 29.8. The molecule has 212 valence electrons. The monoisotopic (exact) mass is 583 g/mol. The summed E-state index contributed by atoms with van der Waals surface area (Å²) in [5.74, 6) is -1.76. The van der Waals surface area contributed by atoms with Crippen LogP contribution in [0.25, 0.3) is 0 Å². The maximum absolute atomic E-state index is 13.9. The van der Waals surface area contributed by atoms with Gasteiger partial charge in [0.25, 0.3) is 0 Å². The molecule has 1 unspecified atom stereocenters. The molecular weight excluding hydrogens is 549 g/mol. The van der Waals surface area contributed by atoms with Gasteiger partial charge in [-0.3, -0.25) is 24.1 Å². The van der Waals surface area contributed by atoms with E-state index in [1.54, 1.807) is 18.2 Å². The number of nitrogens with zero attached hydrogens (tertiary/aromatic N) is 2. The number of amides is 4. The first-order chi connectivity index (χ1) is 19.3. The van der Waals surface area contributed by atoms with Gasteiger partial charge < -0.3 is 10.2 Å². The lowest BCUT2D eigenvalue weighted by molar-refractivity contribution is -0.144. The number of hydrogen-bond acceptors (Lipinski definition) is 4.